The van der Waals surface area contributed by atoms with Crippen LogP contribution in [0.4, 0.5) is 0 Å². The molecule has 0 fully saturated rings. The smallest absolute Gasteiger partial charge is 0.314 e. The fraction of sp³-hybridized carbons (Fsp3) is 0.214. The molecule has 32 heavy (non-hydrogen) atoms. The Morgan fingerprint density at radius 1 is 0.875 bits per heavy atom. The minimum Gasteiger partial charge on any atom is -0.489 e. The number of allylic oxidation sites excluding steroid dienone is 1. The van der Waals surface area contributed by atoms with E-state index in [4.69, 9.17) is 4.74 Å². The molecule has 3 aromatic carbocycles. The van der Waals surface area contributed by atoms with Gasteiger partial charge in [-0.15, -0.1) is 0 Å². The van der Waals surface area contributed by atoms with E-state index in [0.717, 1.165) is 45.7 Å². The summed E-state index contributed by atoms with van der Waals surface area (Å²) in [7, 11) is 0. The van der Waals surface area contributed by atoms with Crippen molar-refractivity contribution in [3.63, 3.8) is 0 Å². The number of hydrogen-bond acceptors (Lipinski definition) is 3. The lowest BCUT2D eigenvalue weighted by molar-refractivity contribution is 0.306. The van der Waals surface area contributed by atoms with Gasteiger partial charge in [-0.05, 0) is 61.2 Å². The zero-order valence-corrected chi connectivity index (χ0v) is 18.7. The van der Waals surface area contributed by atoms with Crippen molar-refractivity contribution in [2.45, 2.75) is 33.8 Å². The van der Waals surface area contributed by atoms with E-state index >= 15 is 0 Å². The molecule has 0 saturated carbocycles. The van der Waals surface area contributed by atoms with Gasteiger partial charge in [0.25, 0.3) is 0 Å². The van der Waals surface area contributed by atoms with Gasteiger partial charge in [-0.3, -0.25) is 0 Å². The van der Waals surface area contributed by atoms with Crippen molar-refractivity contribution in [3.05, 3.63) is 107 Å². The fourth-order valence-electron chi connectivity index (χ4n) is 3.96. The van der Waals surface area contributed by atoms with Gasteiger partial charge in [-0.2, -0.15) is 9.98 Å². The Morgan fingerprint density at radius 2 is 1.56 bits per heavy atom. The van der Waals surface area contributed by atoms with E-state index in [-0.39, 0.29) is 11.9 Å². The standard InChI is InChI=1S/C28H28N2O2/c1-19-8-7-9-20(2)26(19)27-21(3)12-17-25(29-28(31)30-27)23-13-15-24(16-14-23)32-18-22-10-5-4-6-11-22/h4-11,13-17,21H,12,18H2,1-3H3,(H,29,31)/b25-17+,30-27+. The fourth-order valence-corrected chi connectivity index (χ4v) is 3.96. The van der Waals surface area contributed by atoms with Crippen LogP contribution in [-0.2, 0) is 6.61 Å². The zero-order chi connectivity index (χ0) is 22.5. The normalized spacial score (nSPS) is 21.2. The molecule has 0 aromatic heterocycles. The highest BCUT2D eigenvalue weighted by atomic mass is 16.5. The van der Waals surface area contributed by atoms with E-state index in [0.29, 0.717) is 12.3 Å². The molecule has 0 aliphatic carbocycles. The Bertz CT molecular complexity index is 1160. The van der Waals surface area contributed by atoms with Crippen LogP contribution in [0.2, 0.25) is 0 Å². The SMILES string of the molecule is Cc1cccc(C)c1/C1=N/C(O)=N\C(c2ccc(OCc3ccccc3)cc2)=C\CC1C. The van der Waals surface area contributed by atoms with E-state index in [9.17, 15) is 5.11 Å². The van der Waals surface area contributed by atoms with Gasteiger partial charge in [0.05, 0.1) is 11.4 Å². The molecule has 3 aromatic rings. The van der Waals surface area contributed by atoms with Crippen molar-refractivity contribution in [2.24, 2.45) is 15.9 Å². The van der Waals surface area contributed by atoms with Gasteiger partial charge in [-0.1, -0.05) is 61.5 Å². The Balaban J connectivity index is 1.54. The number of amidine groups is 1. The monoisotopic (exact) mass is 424 g/mol. The third-order valence-electron chi connectivity index (χ3n) is 5.71. The Morgan fingerprint density at radius 3 is 2.25 bits per heavy atom. The third kappa shape index (κ3) is 4.97. The minimum absolute atomic E-state index is 0.149. The topological polar surface area (TPSA) is 54.2 Å². The van der Waals surface area contributed by atoms with Crippen LogP contribution in [-0.4, -0.2) is 16.8 Å². The maximum Gasteiger partial charge on any atom is 0.314 e. The first-order chi connectivity index (χ1) is 15.5. The van der Waals surface area contributed by atoms with E-state index in [1.54, 1.807) is 0 Å². The zero-order valence-electron chi connectivity index (χ0n) is 18.7. The van der Waals surface area contributed by atoms with Crippen molar-refractivity contribution in [3.8, 4) is 5.75 Å². The third-order valence-corrected chi connectivity index (χ3v) is 5.71. The van der Waals surface area contributed by atoms with Gasteiger partial charge >= 0.3 is 6.02 Å². The summed E-state index contributed by atoms with van der Waals surface area (Å²) in [5.74, 6) is 0.942. The van der Waals surface area contributed by atoms with Gasteiger partial charge < -0.3 is 9.84 Å². The second kappa shape index (κ2) is 9.65. The quantitative estimate of drug-likeness (QED) is 0.497. The molecule has 0 saturated heterocycles. The molecular formula is C28H28N2O2. The lowest BCUT2D eigenvalue weighted by Crippen LogP contribution is -2.18. The first kappa shape index (κ1) is 21.6. The summed E-state index contributed by atoms with van der Waals surface area (Å²) in [6, 6.07) is 23.8. The van der Waals surface area contributed by atoms with Gasteiger partial charge in [0, 0.05) is 17.0 Å². The Kier molecular flexibility index (Phi) is 6.50. The van der Waals surface area contributed by atoms with Crippen LogP contribution in [0.25, 0.3) is 5.70 Å². The highest BCUT2D eigenvalue weighted by Crippen LogP contribution is 2.27. The molecule has 1 atom stereocenters. The van der Waals surface area contributed by atoms with E-state index in [1.165, 1.54) is 0 Å². The first-order valence-electron chi connectivity index (χ1n) is 10.9. The first-order valence-corrected chi connectivity index (χ1v) is 10.9. The van der Waals surface area contributed by atoms with E-state index in [1.807, 2.05) is 60.7 Å². The molecule has 1 heterocycles. The molecule has 0 amide bonds. The number of aliphatic hydroxyl groups is 1. The molecule has 4 rings (SSSR count). The molecule has 0 radical (unpaired) electrons. The van der Waals surface area contributed by atoms with Gasteiger partial charge in [0.2, 0.25) is 0 Å². The number of hydrogen-bond donors (Lipinski definition) is 1. The molecule has 1 aliphatic heterocycles. The van der Waals surface area contributed by atoms with Gasteiger partial charge in [0.15, 0.2) is 0 Å². The van der Waals surface area contributed by atoms with Crippen LogP contribution < -0.4 is 4.74 Å². The van der Waals surface area contributed by atoms with E-state index in [2.05, 4.69) is 49.0 Å². The van der Waals surface area contributed by atoms with E-state index < -0.39 is 0 Å². The largest absolute Gasteiger partial charge is 0.489 e. The molecule has 162 valence electrons. The van der Waals surface area contributed by atoms with Crippen molar-refractivity contribution in [1.29, 1.82) is 0 Å². The van der Waals surface area contributed by atoms with Crippen LogP contribution >= 0.6 is 0 Å². The molecule has 1 N–H and O–H groups in total. The predicted octanol–water partition coefficient (Wildman–Crippen LogP) is 6.67. The van der Waals surface area contributed by atoms with Crippen LogP contribution in [0.15, 0.2) is 88.9 Å². The van der Waals surface area contributed by atoms with Crippen LogP contribution in [0.3, 0.4) is 0 Å². The molecular weight excluding hydrogens is 396 g/mol. The summed E-state index contributed by atoms with van der Waals surface area (Å²) in [6.45, 7) is 6.81. The summed E-state index contributed by atoms with van der Waals surface area (Å²) in [5, 5.41) is 10.5. The maximum absolute atomic E-state index is 10.5. The lowest BCUT2D eigenvalue weighted by atomic mass is 9.89. The van der Waals surface area contributed by atoms with Crippen molar-refractivity contribution < 1.29 is 9.84 Å². The Hall–Kier alpha value is -3.66. The molecule has 0 bridgehead atoms. The van der Waals surface area contributed by atoms with Crippen molar-refractivity contribution in [1.82, 2.24) is 0 Å². The number of ether oxygens (including phenoxy) is 1. The highest BCUT2D eigenvalue weighted by Gasteiger charge is 2.19. The summed E-state index contributed by atoms with van der Waals surface area (Å²) < 4.78 is 5.88. The molecule has 1 aliphatic rings. The average molecular weight is 425 g/mol. The number of rotatable bonds is 5. The van der Waals surface area contributed by atoms with Gasteiger partial charge in [-0.25, -0.2) is 0 Å². The number of nitrogens with zero attached hydrogens (tertiary/aromatic N) is 2. The number of aryl methyl sites for hydroxylation is 2. The van der Waals surface area contributed by atoms with Crippen molar-refractivity contribution >= 4 is 17.4 Å². The molecule has 4 nitrogen and oxygen atoms in total. The highest BCUT2D eigenvalue weighted by molar-refractivity contribution is 6.09. The molecule has 1 unspecified atom stereocenters. The van der Waals surface area contributed by atoms with Crippen LogP contribution in [0.5, 0.6) is 5.75 Å². The average Bonchev–Trinajstić information content (AvgIpc) is 2.79. The second-order valence-corrected chi connectivity index (χ2v) is 8.20. The summed E-state index contributed by atoms with van der Waals surface area (Å²) in [6.07, 6.45) is 2.86. The Labute approximate surface area is 189 Å². The summed E-state index contributed by atoms with van der Waals surface area (Å²) >= 11 is 0. The molecule has 0 spiro atoms. The number of aliphatic hydroxyl groups excluding tert-OH is 1. The predicted molar refractivity (Wildman–Crippen MR) is 131 cm³/mol. The summed E-state index contributed by atoms with van der Waals surface area (Å²) in [4.78, 5) is 8.93. The van der Waals surface area contributed by atoms with Gasteiger partial charge in [0.1, 0.15) is 12.4 Å². The van der Waals surface area contributed by atoms with Crippen LogP contribution in [0.1, 0.15) is 41.2 Å². The van der Waals surface area contributed by atoms with Crippen molar-refractivity contribution in [2.75, 3.05) is 0 Å². The maximum atomic E-state index is 10.5. The number of aliphatic imine (C=N–C) groups is 2. The second-order valence-electron chi connectivity index (χ2n) is 8.20. The summed E-state index contributed by atoms with van der Waals surface area (Å²) in [5.41, 5.74) is 7.04. The minimum atomic E-state index is -0.218. The van der Waals surface area contributed by atoms with Crippen LogP contribution in [0, 0.1) is 19.8 Å². The number of benzene rings is 3. The lowest BCUT2D eigenvalue weighted by Gasteiger charge is -2.19. The molecule has 4 heteroatoms.